The van der Waals surface area contributed by atoms with Gasteiger partial charge in [-0.2, -0.15) is 0 Å². The molecule has 1 aliphatic heterocycles. The van der Waals surface area contributed by atoms with Gasteiger partial charge in [0.05, 0.1) is 6.34 Å². The lowest BCUT2D eigenvalue weighted by atomic mass is 10.2. The van der Waals surface area contributed by atoms with Crippen LogP contribution in [0.25, 0.3) is 0 Å². The zero-order chi connectivity index (χ0) is 6.69. The Morgan fingerprint density at radius 2 is 2.67 bits per heavy atom. The Morgan fingerprint density at radius 1 is 1.89 bits per heavy atom. The maximum Gasteiger partial charge on any atom is 0.326 e. The SMILES string of the molecule is O=C(O)C1CCN=CN1. The lowest BCUT2D eigenvalue weighted by Crippen LogP contribution is -2.38. The Morgan fingerprint density at radius 3 is 3.00 bits per heavy atom. The number of nitrogens with one attached hydrogen (secondary N) is 1. The van der Waals surface area contributed by atoms with E-state index in [4.69, 9.17) is 5.11 Å². The quantitative estimate of drug-likeness (QED) is 0.498. The summed E-state index contributed by atoms with van der Waals surface area (Å²) in [7, 11) is 0. The zero-order valence-electron chi connectivity index (χ0n) is 4.87. The predicted octanol–water partition coefficient (Wildman–Crippen LogP) is -0.539. The molecule has 0 bridgehead atoms. The fraction of sp³-hybridized carbons (Fsp3) is 0.600. The molecule has 1 heterocycles. The summed E-state index contributed by atoms with van der Waals surface area (Å²) in [4.78, 5) is 14.0. The largest absolute Gasteiger partial charge is 0.480 e. The Hall–Kier alpha value is -1.06. The van der Waals surface area contributed by atoms with Gasteiger partial charge >= 0.3 is 5.97 Å². The summed E-state index contributed by atoms with van der Waals surface area (Å²) in [6.45, 7) is 0.615. The third-order valence-electron chi connectivity index (χ3n) is 1.21. The van der Waals surface area contributed by atoms with Gasteiger partial charge < -0.3 is 10.4 Å². The number of carbonyl (C=O) groups is 1. The number of carboxylic acid groups (broad SMARTS) is 1. The molecule has 0 saturated heterocycles. The molecule has 2 N–H and O–H groups in total. The third-order valence-corrected chi connectivity index (χ3v) is 1.21. The number of aliphatic carboxylic acids is 1. The van der Waals surface area contributed by atoms with Gasteiger partial charge in [0.2, 0.25) is 0 Å². The van der Waals surface area contributed by atoms with Crippen molar-refractivity contribution in [1.82, 2.24) is 5.32 Å². The molecule has 0 amide bonds. The summed E-state index contributed by atoms with van der Waals surface area (Å²) in [6, 6.07) is -0.428. The predicted molar refractivity (Wildman–Crippen MR) is 32.5 cm³/mol. The lowest BCUT2D eigenvalue weighted by Gasteiger charge is -2.13. The summed E-state index contributed by atoms with van der Waals surface area (Å²) < 4.78 is 0. The van der Waals surface area contributed by atoms with E-state index < -0.39 is 12.0 Å². The molecule has 4 nitrogen and oxygen atoms in total. The van der Waals surface area contributed by atoms with E-state index in [2.05, 4.69) is 10.3 Å². The molecule has 1 rings (SSSR count). The van der Waals surface area contributed by atoms with Crippen molar-refractivity contribution in [3.63, 3.8) is 0 Å². The van der Waals surface area contributed by atoms with Crippen molar-refractivity contribution in [3.8, 4) is 0 Å². The van der Waals surface area contributed by atoms with Crippen LogP contribution in [0.5, 0.6) is 0 Å². The highest BCUT2D eigenvalue weighted by atomic mass is 16.4. The average Bonchev–Trinajstić information content (AvgIpc) is 1.90. The van der Waals surface area contributed by atoms with E-state index in [0.29, 0.717) is 13.0 Å². The van der Waals surface area contributed by atoms with Crippen LogP contribution < -0.4 is 5.32 Å². The van der Waals surface area contributed by atoms with Gasteiger partial charge in [-0.15, -0.1) is 0 Å². The molecular weight excluding hydrogens is 120 g/mol. The van der Waals surface area contributed by atoms with Gasteiger partial charge in [-0.3, -0.25) is 4.99 Å². The molecule has 0 aromatic carbocycles. The fourth-order valence-electron chi connectivity index (χ4n) is 0.689. The molecule has 0 aromatic rings. The summed E-state index contributed by atoms with van der Waals surface area (Å²) in [6.07, 6.45) is 2.04. The third kappa shape index (κ3) is 1.42. The van der Waals surface area contributed by atoms with Gasteiger partial charge in [-0.25, -0.2) is 4.79 Å². The van der Waals surface area contributed by atoms with Crippen molar-refractivity contribution in [2.24, 2.45) is 4.99 Å². The van der Waals surface area contributed by atoms with Crippen molar-refractivity contribution >= 4 is 12.3 Å². The van der Waals surface area contributed by atoms with E-state index in [1.165, 1.54) is 6.34 Å². The average molecular weight is 128 g/mol. The number of hydrogen-bond donors (Lipinski definition) is 2. The van der Waals surface area contributed by atoms with Crippen LogP contribution in [0.4, 0.5) is 0 Å². The van der Waals surface area contributed by atoms with E-state index >= 15 is 0 Å². The number of nitrogens with zero attached hydrogens (tertiary/aromatic N) is 1. The van der Waals surface area contributed by atoms with Crippen LogP contribution in [0.15, 0.2) is 4.99 Å². The first-order valence-electron chi connectivity index (χ1n) is 2.78. The summed E-state index contributed by atoms with van der Waals surface area (Å²) >= 11 is 0. The molecule has 0 spiro atoms. The molecular formula is C5H8N2O2. The van der Waals surface area contributed by atoms with Gasteiger partial charge in [-0.1, -0.05) is 0 Å². The van der Waals surface area contributed by atoms with Crippen LogP contribution >= 0.6 is 0 Å². The van der Waals surface area contributed by atoms with Crippen LogP contribution in [0.3, 0.4) is 0 Å². The molecule has 0 aromatic heterocycles. The summed E-state index contributed by atoms with van der Waals surface area (Å²) in [5, 5.41) is 11.0. The molecule has 50 valence electrons. The van der Waals surface area contributed by atoms with Crippen molar-refractivity contribution < 1.29 is 9.90 Å². The van der Waals surface area contributed by atoms with Gasteiger partial charge in [0.15, 0.2) is 0 Å². The minimum Gasteiger partial charge on any atom is -0.480 e. The highest BCUT2D eigenvalue weighted by Crippen LogP contribution is 1.95. The van der Waals surface area contributed by atoms with Crippen molar-refractivity contribution in [3.05, 3.63) is 0 Å². The van der Waals surface area contributed by atoms with E-state index in [1.54, 1.807) is 0 Å². The summed E-state index contributed by atoms with van der Waals surface area (Å²) in [5.74, 6) is -0.804. The molecule has 0 aliphatic carbocycles. The monoisotopic (exact) mass is 128 g/mol. The summed E-state index contributed by atoms with van der Waals surface area (Å²) in [5.41, 5.74) is 0. The van der Waals surface area contributed by atoms with Crippen LogP contribution in [0, 0.1) is 0 Å². The number of rotatable bonds is 1. The number of hydrogen-bond acceptors (Lipinski definition) is 3. The Bertz CT molecular complexity index is 144. The van der Waals surface area contributed by atoms with Crippen LogP contribution in [0.2, 0.25) is 0 Å². The first kappa shape index (κ1) is 6.07. The second kappa shape index (κ2) is 2.48. The molecule has 0 saturated carbocycles. The van der Waals surface area contributed by atoms with E-state index in [9.17, 15) is 4.79 Å². The first-order valence-corrected chi connectivity index (χ1v) is 2.78. The van der Waals surface area contributed by atoms with Crippen molar-refractivity contribution in [1.29, 1.82) is 0 Å². The molecule has 0 radical (unpaired) electrons. The van der Waals surface area contributed by atoms with Crippen molar-refractivity contribution in [2.45, 2.75) is 12.5 Å². The standard InChI is InChI=1S/C5H8N2O2/c8-5(9)4-1-2-6-3-7-4/h3-4H,1-2H2,(H,6,7)(H,8,9). The van der Waals surface area contributed by atoms with E-state index in [1.807, 2.05) is 0 Å². The lowest BCUT2D eigenvalue weighted by molar-refractivity contribution is -0.139. The maximum absolute atomic E-state index is 10.2. The smallest absolute Gasteiger partial charge is 0.326 e. The Labute approximate surface area is 52.6 Å². The maximum atomic E-state index is 10.2. The van der Waals surface area contributed by atoms with Gasteiger partial charge in [0, 0.05) is 6.54 Å². The normalized spacial score (nSPS) is 25.1. The van der Waals surface area contributed by atoms with Crippen LogP contribution in [-0.4, -0.2) is 30.0 Å². The van der Waals surface area contributed by atoms with Crippen LogP contribution in [0.1, 0.15) is 6.42 Å². The fourth-order valence-corrected chi connectivity index (χ4v) is 0.689. The Kier molecular flexibility index (Phi) is 1.67. The molecule has 9 heavy (non-hydrogen) atoms. The van der Waals surface area contributed by atoms with Crippen molar-refractivity contribution in [2.75, 3.05) is 6.54 Å². The number of aliphatic imine (C=N–C) groups is 1. The first-order chi connectivity index (χ1) is 4.30. The molecule has 1 unspecified atom stereocenters. The highest BCUT2D eigenvalue weighted by molar-refractivity contribution is 5.77. The molecule has 0 fully saturated rings. The van der Waals surface area contributed by atoms with Gasteiger partial charge in [-0.05, 0) is 6.42 Å². The molecule has 1 aliphatic rings. The van der Waals surface area contributed by atoms with Crippen LogP contribution in [-0.2, 0) is 4.79 Å². The van der Waals surface area contributed by atoms with E-state index in [-0.39, 0.29) is 0 Å². The minimum absolute atomic E-state index is 0.428. The highest BCUT2D eigenvalue weighted by Gasteiger charge is 2.16. The number of carboxylic acids is 1. The minimum atomic E-state index is -0.804. The van der Waals surface area contributed by atoms with Gasteiger partial charge in [0.1, 0.15) is 6.04 Å². The van der Waals surface area contributed by atoms with E-state index in [0.717, 1.165) is 0 Å². The van der Waals surface area contributed by atoms with Gasteiger partial charge in [0.25, 0.3) is 0 Å². The second-order valence-electron chi connectivity index (χ2n) is 1.88. The molecule has 1 atom stereocenters. The second-order valence-corrected chi connectivity index (χ2v) is 1.88. The Balaban J connectivity index is 2.44. The molecule has 4 heteroatoms. The topological polar surface area (TPSA) is 61.7 Å². The zero-order valence-corrected chi connectivity index (χ0v) is 4.87.